The lowest BCUT2D eigenvalue weighted by Crippen LogP contribution is -2.40. The van der Waals surface area contributed by atoms with Crippen LogP contribution in [0.1, 0.15) is 16.6 Å². The number of ether oxygens (including phenoxy) is 1. The molecule has 0 aliphatic rings. The maximum absolute atomic E-state index is 12.2. The van der Waals surface area contributed by atoms with Gasteiger partial charge in [-0.2, -0.15) is 13.2 Å². The van der Waals surface area contributed by atoms with Gasteiger partial charge in [-0.15, -0.1) is 22.7 Å². The van der Waals surface area contributed by atoms with Crippen molar-refractivity contribution >= 4 is 54.0 Å². The molecule has 3 rings (SSSR count). The Morgan fingerprint density at radius 3 is 2.64 bits per heavy atom. The first kappa shape index (κ1) is 17.7. The Labute approximate surface area is 148 Å². The van der Waals surface area contributed by atoms with Crippen LogP contribution in [-0.2, 0) is 9.53 Å². The molecule has 0 spiro atoms. The highest BCUT2D eigenvalue weighted by molar-refractivity contribution is 7.33. The van der Waals surface area contributed by atoms with Gasteiger partial charge >= 0.3 is 12.1 Å². The molecule has 4 nitrogen and oxygen atoms in total. The van der Waals surface area contributed by atoms with Crippen molar-refractivity contribution in [2.75, 3.05) is 6.54 Å². The SMILES string of the molecule is CC(OC(=O)c1cc2sc3ccccc3c2s1)C(=O)NCC(F)(F)F. The number of hydrogen-bond acceptors (Lipinski definition) is 5. The van der Waals surface area contributed by atoms with Crippen molar-refractivity contribution in [1.82, 2.24) is 5.32 Å². The van der Waals surface area contributed by atoms with Crippen molar-refractivity contribution in [3.8, 4) is 0 Å². The summed E-state index contributed by atoms with van der Waals surface area (Å²) in [6.45, 7) is -0.233. The van der Waals surface area contributed by atoms with Gasteiger partial charge < -0.3 is 10.1 Å². The van der Waals surface area contributed by atoms with E-state index in [-0.39, 0.29) is 0 Å². The van der Waals surface area contributed by atoms with Gasteiger partial charge in [0.1, 0.15) is 11.4 Å². The zero-order valence-corrected chi connectivity index (χ0v) is 14.5. The van der Waals surface area contributed by atoms with E-state index in [0.717, 1.165) is 19.5 Å². The molecule has 0 aliphatic heterocycles. The summed E-state index contributed by atoms with van der Waals surface area (Å²) in [5.74, 6) is -1.72. The lowest BCUT2D eigenvalue weighted by Gasteiger charge is -2.13. The monoisotopic (exact) mass is 387 g/mol. The molecule has 1 unspecified atom stereocenters. The third-order valence-corrected chi connectivity index (χ3v) is 5.76. The van der Waals surface area contributed by atoms with E-state index < -0.39 is 30.7 Å². The summed E-state index contributed by atoms with van der Waals surface area (Å²) in [5.41, 5.74) is 0. The third kappa shape index (κ3) is 3.93. The van der Waals surface area contributed by atoms with Crippen LogP contribution in [-0.4, -0.2) is 30.7 Å². The van der Waals surface area contributed by atoms with Gasteiger partial charge in [-0.1, -0.05) is 18.2 Å². The van der Waals surface area contributed by atoms with Gasteiger partial charge in [0, 0.05) is 14.8 Å². The normalized spacial score (nSPS) is 13.1. The second kappa shape index (κ2) is 6.64. The van der Waals surface area contributed by atoms with E-state index in [9.17, 15) is 22.8 Å². The van der Waals surface area contributed by atoms with Gasteiger partial charge in [0.25, 0.3) is 5.91 Å². The summed E-state index contributed by atoms with van der Waals surface area (Å²) in [5, 5.41) is 2.72. The Kier molecular flexibility index (Phi) is 4.70. The van der Waals surface area contributed by atoms with Crippen LogP contribution in [0.3, 0.4) is 0 Å². The maximum atomic E-state index is 12.2. The molecule has 2 heterocycles. The molecule has 3 aromatic rings. The molecule has 0 saturated carbocycles. The van der Waals surface area contributed by atoms with Gasteiger partial charge in [-0.25, -0.2) is 4.79 Å². The molecule has 2 aromatic heterocycles. The molecule has 0 saturated heterocycles. The van der Waals surface area contributed by atoms with Gasteiger partial charge in [-0.3, -0.25) is 4.79 Å². The van der Waals surface area contributed by atoms with E-state index in [1.165, 1.54) is 29.6 Å². The van der Waals surface area contributed by atoms with E-state index in [1.54, 1.807) is 11.4 Å². The van der Waals surface area contributed by atoms with Crippen LogP contribution in [0.5, 0.6) is 0 Å². The predicted octanol–water partition coefficient (Wildman–Crippen LogP) is 4.34. The average molecular weight is 387 g/mol. The summed E-state index contributed by atoms with van der Waals surface area (Å²) in [6, 6.07) is 9.44. The highest BCUT2D eigenvalue weighted by Gasteiger charge is 2.29. The average Bonchev–Trinajstić information content (AvgIpc) is 3.09. The summed E-state index contributed by atoms with van der Waals surface area (Å²) in [6.07, 6.45) is -5.83. The fourth-order valence-electron chi connectivity index (χ4n) is 2.20. The Balaban J connectivity index is 1.70. The van der Waals surface area contributed by atoms with Crippen LogP contribution in [0.4, 0.5) is 13.2 Å². The number of rotatable bonds is 4. The summed E-state index contributed by atoms with van der Waals surface area (Å²) in [7, 11) is 0. The van der Waals surface area contributed by atoms with E-state index in [0.29, 0.717) is 4.88 Å². The topological polar surface area (TPSA) is 55.4 Å². The Bertz CT molecular complexity index is 945. The van der Waals surface area contributed by atoms with Crippen molar-refractivity contribution in [3.05, 3.63) is 35.2 Å². The number of hydrogen-bond donors (Lipinski definition) is 1. The van der Waals surface area contributed by atoms with Crippen LogP contribution in [0.25, 0.3) is 19.5 Å². The minimum Gasteiger partial charge on any atom is -0.448 e. The second-order valence-electron chi connectivity index (χ2n) is 5.28. The van der Waals surface area contributed by atoms with Crippen molar-refractivity contribution in [3.63, 3.8) is 0 Å². The summed E-state index contributed by atoms with van der Waals surface area (Å²) in [4.78, 5) is 24.0. The number of esters is 1. The first-order valence-electron chi connectivity index (χ1n) is 7.21. The molecule has 0 radical (unpaired) electrons. The number of carbonyl (C=O) groups is 2. The maximum Gasteiger partial charge on any atom is 0.405 e. The third-order valence-electron chi connectivity index (χ3n) is 3.37. The van der Waals surface area contributed by atoms with Crippen LogP contribution >= 0.6 is 22.7 Å². The molecule has 132 valence electrons. The first-order chi connectivity index (χ1) is 11.7. The molecule has 9 heteroatoms. The molecule has 1 N–H and O–H groups in total. The molecule has 0 aliphatic carbocycles. The molecule has 0 fully saturated rings. The zero-order chi connectivity index (χ0) is 18.2. The Morgan fingerprint density at radius 1 is 1.20 bits per heavy atom. The Hall–Kier alpha value is -2.13. The molecular weight excluding hydrogens is 375 g/mol. The summed E-state index contributed by atoms with van der Waals surface area (Å²) < 4.78 is 44.2. The van der Waals surface area contributed by atoms with Crippen molar-refractivity contribution < 1.29 is 27.5 Å². The number of halogens is 3. The van der Waals surface area contributed by atoms with Gasteiger partial charge in [0.15, 0.2) is 6.10 Å². The quantitative estimate of drug-likeness (QED) is 0.678. The van der Waals surface area contributed by atoms with Crippen LogP contribution in [0.15, 0.2) is 30.3 Å². The molecule has 0 bridgehead atoms. The number of fused-ring (bicyclic) bond motifs is 3. The highest BCUT2D eigenvalue weighted by atomic mass is 32.1. The number of carbonyl (C=O) groups excluding carboxylic acids is 2. The second-order valence-corrected chi connectivity index (χ2v) is 7.42. The van der Waals surface area contributed by atoms with Crippen LogP contribution < -0.4 is 5.32 Å². The minimum absolute atomic E-state index is 0.308. The highest BCUT2D eigenvalue weighted by Crippen LogP contribution is 2.39. The van der Waals surface area contributed by atoms with E-state index in [4.69, 9.17) is 4.74 Å². The van der Waals surface area contributed by atoms with Crippen LogP contribution in [0.2, 0.25) is 0 Å². The lowest BCUT2D eigenvalue weighted by atomic mass is 10.2. The largest absolute Gasteiger partial charge is 0.448 e. The number of thiophene rings is 2. The zero-order valence-electron chi connectivity index (χ0n) is 12.8. The van der Waals surface area contributed by atoms with Crippen molar-refractivity contribution in [1.29, 1.82) is 0 Å². The van der Waals surface area contributed by atoms with E-state index in [2.05, 4.69) is 0 Å². The molecular formula is C16H12F3NO3S2. The van der Waals surface area contributed by atoms with Crippen molar-refractivity contribution in [2.45, 2.75) is 19.2 Å². The number of alkyl halides is 3. The fourth-order valence-corrected chi connectivity index (χ4v) is 4.61. The number of benzene rings is 1. The standard InChI is InChI=1S/C16H12F3NO3S2/c1-8(14(21)20-7-16(17,18)19)23-15(22)12-6-11-13(25-12)9-4-2-3-5-10(9)24-11/h2-6,8H,7H2,1H3,(H,20,21). The lowest BCUT2D eigenvalue weighted by molar-refractivity contribution is -0.143. The van der Waals surface area contributed by atoms with Crippen molar-refractivity contribution in [2.24, 2.45) is 0 Å². The van der Waals surface area contributed by atoms with Crippen LogP contribution in [0, 0.1) is 0 Å². The molecule has 1 atom stereocenters. The predicted molar refractivity (Wildman–Crippen MR) is 91.2 cm³/mol. The summed E-state index contributed by atoms with van der Waals surface area (Å²) >= 11 is 2.77. The number of amides is 1. The van der Waals surface area contributed by atoms with E-state index >= 15 is 0 Å². The smallest absolute Gasteiger partial charge is 0.405 e. The molecule has 1 aromatic carbocycles. The van der Waals surface area contributed by atoms with E-state index in [1.807, 2.05) is 24.3 Å². The van der Waals surface area contributed by atoms with Gasteiger partial charge in [0.2, 0.25) is 0 Å². The van der Waals surface area contributed by atoms with Gasteiger partial charge in [-0.05, 0) is 19.1 Å². The molecule has 25 heavy (non-hydrogen) atoms. The van der Waals surface area contributed by atoms with Gasteiger partial charge in [0.05, 0.1) is 4.70 Å². The Morgan fingerprint density at radius 2 is 1.92 bits per heavy atom. The fraction of sp³-hybridized carbons (Fsp3) is 0.250. The number of nitrogens with one attached hydrogen (secondary N) is 1. The molecule has 1 amide bonds. The minimum atomic E-state index is -4.52. The first-order valence-corrected chi connectivity index (χ1v) is 8.84.